The molecule has 0 spiro atoms. The first-order valence-corrected chi connectivity index (χ1v) is 12.0. The second-order valence-corrected chi connectivity index (χ2v) is 10.1. The Balaban J connectivity index is 1.58. The van der Waals surface area contributed by atoms with E-state index in [9.17, 15) is 13.2 Å². The van der Waals surface area contributed by atoms with Crippen LogP contribution < -0.4 is 9.52 Å². The van der Waals surface area contributed by atoms with Gasteiger partial charge in [0.1, 0.15) is 0 Å². The van der Waals surface area contributed by atoms with Gasteiger partial charge in [0.2, 0.25) is 0 Å². The fourth-order valence-electron chi connectivity index (χ4n) is 2.92. The maximum Gasteiger partial charge on any atom is 0.279 e. The van der Waals surface area contributed by atoms with Crippen molar-refractivity contribution in [2.24, 2.45) is 12.0 Å². The molecule has 1 aromatic heterocycles. The summed E-state index contributed by atoms with van der Waals surface area (Å²) in [6.45, 7) is 0. The van der Waals surface area contributed by atoms with Gasteiger partial charge in [-0.1, -0.05) is 40.6 Å². The molecule has 1 heterocycles. The monoisotopic (exact) mass is 491 g/mol. The molecule has 0 atom stereocenters. The third-order valence-corrected chi connectivity index (χ3v) is 7.53. The van der Waals surface area contributed by atoms with Crippen molar-refractivity contribution >= 4 is 66.4 Å². The van der Waals surface area contributed by atoms with Crippen molar-refractivity contribution in [1.29, 1.82) is 0 Å². The molecule has 3 aromatic carbocycles. The number of hydrogen-bond donors (Lipinski definition) is 1. The molecule has 0 radical (unpaired) electrons. The number of amides is 1. The third-order valence-electron chi connectivity index (χ3n) is 4.48. The molecule has 6 nitrogen and oxygen atoms in total. The lowest BCUT2D eigenvalue weighted by Crippen LogP contribution is -2.14. The summed E-state index contributed by atoms with van der Waals surface area (Å²) in [6, 6.07) is 17.4. The van der Waals surface area contributed by atoms with E-state index in [-0.39, 0.29) is 4.90 Å². The van der Waals surface area contributed by atoms with Crippen LogP contribution in [-0.4, -0.2) is 18.9 Å². The van der Waals surface area contributed by atoms with Crippen LogP contribution in [0.1, 0.15) is 10.4 Å². The van der Waals surface area contributed by atoms with E-state index in [0.717, 1.165) is 10.2 Å². The van der Waals surface area contributed by atoms with Crippen molar-refractivity contribution in [3.05, 3.63) is 87.1 Å². The normalized spacial score (nSPS) is 12.3. The molecule has 4 aromatic rings. The standard InChI is InChI=1S/C21H15Cl2N3O3S2/c1-26-19-17(23)3-2-4-18(19)30-21(26)24-20(27)13-5-9-15(10-6-13)25-31(28,29)16-11-7-14(22)8-12-16/h2-12,25H,1H3. The second kappa shape index (κ2) is 8.47. The molecule has 158 valence electrons. The number of aryl methyl sites for hydroxylation is 1. The zero-order chi connectivity index (χ0) is 22.2. The van der Waals surface area contributed by atoms with E-state index in [0.29, 0.717) is 26.1 Å². The second-order valence-electron chi connectivity index (χ2n) is 6.58. The minimum Gasteiger partial charge on any atom is -0.318 e. The van der Waals surface area contributed by atoms with Crippen molar-refractivity contribution in [3.8, 4) is 0 Å². The van der Waals surface area contributed by atoms with Crippen LogP contribution in [-0.2, 0) is 17.1 Å². The van der Waals surface area contributed by atoms with Crippen LogP contribution in [0.5, 0.6) is 0 Å². The van der Waals surface area contributed by atoms with Crippen LogP contribution in [0.3, 0.4) is 0 Å². The number of carbonyl (C=O) groups excluding carboxylic acids is 1. The SMILES string of the molecule is Cn1c(=NC(=O)c2ccc(NS(=O)(=O)c3ccc(Cl)cc3)cc2)sc2cccc(Cl)c21. The fraction of sp³-hybridized carbons (Fsp3) is 0.0476. The van der Waals surface area contributed by atoms with Gasteiger partial charge in [0, 0.05) is 23.3 Å². The first-order valence-electron chi connectivity index (χ1n) is 8.96. The number of para-hydroxylation sites is 1. The van der Waals surface area contributed by atoms with Crippen LogP contribution in [0.15, 0.2) is 76.6 Å². The molecule has 0 bridgehead atoms. The molecule has 0 fully saturated rings. The lowest BCUT2D eigenvalue weighted by molar-refractivity contribution is 0.0998. The highest BCUT2D eigenvalue weighted by Gasteiger charge is 2.15. The largest absolute Gasteiger partial charge is 0.318 e. The van der Waals surface area contributed by atoms with Crippen LogP contribution in [0, 0.1) is 0 Å². The number of fused-ring (bicyclic) bond motifs is 1. The fourth-order valence-corrected chi connectivity index (χ4v) is 5.51. The molecule has 0 unspecified atom stereocenters. The van der Waals surface area contributed by atoms with Gasteiger partial charge in [-0.15, -0.1) is 0 Å². The van der Waals surface area contributed by atoms with Crippen LogP contribution >= 0.6 is 34.5 Å². The van der Waals surface area contributed by atoms with Gasteiger partial charge in [0.15, 0.2) is 4.80 Å². The molecule has 4 rings (SSSR count). The van der Waals surface area contributed by atoms with Gasteiger partial charge >= 0.3 is 0 Å². The number of thiazole rings is 1. The zero-order valence-corrected chi connectivity index (χ0v) is 19.2. The van der Waals surface area contributed by atoms with Crippen molar-refractivity contribution in [1.82, 2.24) is 4.57 Å². The van der Waals surface area contributed by atoms with Gasteiger partial charge < -0.3 is 4.57 Å². The lowest BCUT2D eigenvalue weighted by Gasteiger charge is -2.08. The molecule has 1 amide bonds. The van der Waals surface area contributed by atoms with Crippen molar-refractivity contribution < 1.29 is 13.2 Å². The number of hydrogen-bond acceptors (Lipinski definition) is 4. The Labute approximate surface area is 192 Å². The van der Waals surface area contributed by atoms with Gasteiger partial charge in [-0.3, -0.25) is 9.52 Å². The minimum atomic E-state index is -3.77. The number of anilines is 1. The molecular formula is C21H15Cl2N3O3S2. The minimum absolute atomic E-state index is 0.0861. The predicted octanol–water partition coefficient (Wildman–Crippen LogP) is 5.09. The number of nitrogens with zero attached hydrogens (tertiary/aromatic N) is 2. The number of sulfonamides is 1. The molecule has 0 saturated carbocycles. The van der Waals surface area contributed by atoms with Crippen molar-refractivity contribution in [2.75, 3.05) is 4.72 Å². The van der Waals surface area contributed by atoms with Crippen LogP contribution in [0.25, 0.3) is 10.2 Å². The summed E-state index contributed by atoms with van der Waals surface area (Å²) in [5, 5.41) is 1.03. The lowest BCUT2D eigenvalue weighted by atomic mass is 10.2. The Kier molecular flexibility index (Phi) is 5.90. The Hall–Kier alpha value is -2.65. The molecule has 0 saturated heterocycles. The van der Waals surface area contributed by atoms with Gasteiger partial charge in [-0.25, -0.2) is 8.42 Å². The van der Waals surface area contributed by atoms with Gasteiger partial charge in [-0.05, 0) is 60.7 Å². The van der Waals surface area contributed by atoms with E-state index in [1.807, 2.05) is 12.1 Å². The van der Waals surface area contributed by atoms with Crippen molar-refractivity contribution in [3.63, 3.8) is 0 Å². The first-order chi connectivity index (χ1) is 14.7. The number of nitrogens with one attached hydrogen (secondary N) is 1. The van der Waals surface area contributed by atoms with E-state index in [1.54, 1.807) is 17.7 Å². The highest BCUT2D eigenvalue weighted by atomic mass is 35.5. The molecular weight excluding hydrogens is 477 g/mol. The van der Waals surface area contributed by atoms with Gasteiger partial charge in [-0.2, -0.15) is 4.99 Å². The summed E-state index contributed by atoms with van der Waals surface area (Å²) in [6.07, 6.45) is 0. The van der Waals surface area contributed by atoms with E-state index in [4.69, 9.17) is 23.2 Å². The van der Waals surface area contributed by atoms with Crippen LogP contribution in [0.2, 0.25) is 10.0 Å². The smallest absolute Gasteiger partial charge is 0.279 e. The summed E-state index contributed by atoms with van der Waals surface area (Å²) in [7, 11) is -1.97. The average molecular weight is 492 g/mol. The topological polar surface area (TPSA) is 80.5 Å². The quantitative estimate of drug-likeness (QED) is 0.431. The summed E-state index contributed by atoms with van der Waals surface area (Å²) in [5.74, 6) is -0.439. The Bertz CT molecular complexity index is 1460. The number of carbonyl (C=O) groups is 1. The number of benzene rings is 3. The summed E-state index contributed by atoms with van der Waals surface area (Å²) >= 11 is 13.4. The highest BCUT2D eigenvalue weighted by Crippen LogP contribution is 2.24. The summed E-state index contributed by atoms with van der Waals surface area (Å²) < 4.78 is 30.1. The van der Waals surface area contributed by atoms with Crippen molar-refractivity contribution in [2.45, 2.75) is 4.90 Å². The maximum absolute atomic E-state index is 12.6. The Morgan fingerprint density at radius 3 is 2.32 bits per heavy atom. The first kappa shape index (κ1) is 21.6. The molecule has 0 aliphatic rings. The Morgan fingerprint density at radius 2 is 1.68 bits per heavy atom. The van der Waals surface area contributed by atoms with E-state index >= 15 is 0 Å². The zero-order valence-electron chi connectivity index (χ0n) is 16.0. The third kappa shape index (κ3) is 4.52. The van der Waals surface area contributed by atoms with Gasteiger partial charge in [0.05, 0.1) is 20.1 Å². The molecule has 0 aliphatic carbocycles. The highest BCUT2D eigenvalue weighted by molar-refractivity contribution is 7.92. The molecule has 10 heteroatoms. The molecule has 31 heavy (non-hydrogen) atoms. The van der Waals surface area contributed by atoms with E-state index < -0.39 is 15.9 Å². The van der Waals surface area contributed by atoms with Crippen LogP contribution in [0.4, 0.5) is 5.69 Å². The molecule has 1 N–H and O–H groups in total. The maximum atomic E-state index is 12.6. The number of aromatic nitrogens is 1. The molecule has 0 aliphatic heterocycles. The van der Waals surface area contributed by atoms with Gasteiger partial charge in [0.25, 0.3) is 15.9 Å². The number of halogens is 2. The summed E-state index contributed by atoms with van der Waals surface area (Å²) in [5.41, 5.74) is 1.47. The van der Waals surface area contributed by atoms with E-state index in [2.05, 4.69) is 9.71 Å². The average Bonchev–Trinajstić information content (AvgIpc) is 3.05. The Morgan fingerprint density at radius 1 is 1.00 bits per heavy atom. The predicted molar refractivity (Wildman–Crippen MR) is 124 cm³/mol. The van der Waals surface area contributed by atoms with E-state index in [1.165, 1.54) is 59.9 Å². The number of rotatable bonds is 4. The summed E-state index contributed by atoms with van der Waals surface area (Å²) in [4.78, 5) is 17.4.